The van der Waals surface area contributed by atoms with Gasteiger partial charge in [0, 0.05) is 13.2 Å². The number of methoxy groups -OCH3 is 1. The second-order valence-electron chi connectivity index (χ2n) is 9.61. The SMILES string of the molecule is COC[C@H](NC(=O)C(NC(=O)c1cc(C)on1)C(C)C)C(=O)NC(CC(C)C)C(=O)[C@@]1(C)CO1. The third kappa shape index (κ3) is 7.36. The van der Waals surface area contributed by atoms with E-state index >= 15 is 0 Å². The molecule has 190 valence electrons. The highest BCUT2D eigenvalue weighted by atomic mass is 16.6. The van der Waals surface area contributed by atoms with Crippen molar-refractivity contribution < 1.29 is 33.2 Å². The van der Waals surface area contributed by atoms with Crippen molar-refractivity contribution >= 4 is 23.5 Å². The van der Waals surface area contributed by atoms with Crippen molar-refractivity contribution in [2.45, 2.75) is 71.7 Å². The zero-order valence-electron chi connectivity index (χ0n) is 20.9. The summed E-state index contributed by atoms with van der Waals surface area (Å²) in [5.74, 6) is -1.57. The largest absolute Gasteiger partial charge is 0.382 e. The highest BCUT2D eigenvalue weighted by Gasteiger charge is 2.50. The molecule has 2 unspecified atom stereocenters. The van der Waals surface area contributed by atoms with Crippen LogP contribution in [0.4, 0.5) is 0 Å². The van der Waals surface area contributed by atoms with E-state index in [9.17, 15) is 19.2 Å². The number of aromatic nitrogens is 1. The van der Waals surface area contributed by atoms with Gasteiger partial charge in [0.25, 0.3) is 5.91 Å². The van der Waals surface area contributed by atoms with Crippen LogP contribution in [0.1, 0.15) is 57.3 Å². The Labute approximate surface area is 199 Å². The lowest BCUT2D eigenvalue weighted by atomic mass is 9.93. The molecule has 1 fully saturated rings. The van der Waals surface area contributed by atoms with Gasteiger partial charge in [0.15, 0.2) is 11.5 Å². The number of nitrogens with zero attached hydrogens (tertiary/aromatic N) is 1. The Balaban J connectivity index is 2.10. The number of hydrogen-bond donors (Lipinski definition) is 3. The van der Waals surface area contributed by atoms with Crippen LogP contribution in [-0.2, 0) is 23.9 Å². The van der Waals surface area contributed by atoms with Gasteiger partial charge < -0.3 is 29.9 Å². The van der Waals surface area contributed by atoms with Crippen LogP contribution >= 0.6 is 0 Å². The van der Waals surface area contributed by atoms with E-state index in [2.05, 4.69) is 21.1 Å². The molecule has 3 N–H and O–H groups in total. The van der Waals surface area contributed by atoms with E-state index in [0.717, 1.165) is 0 Å². The van der Waals surface area contributed by atoms with Crippen LogP contribution in [0.3, 0.4) is 0 Å². The minimum atomic E-state index is -1.07. The van der Waals surface area contributed by atoms with E-state index in [1.54, 1.807) is 27.7 Å². The average molecular weight is 481 g/mol. The smallest absolute Gasteiger partial charge is 0.274 e. The van der Waals surface area contributed by atoms with Gasteiger partial charge in [-0.2, -0.15) is 0 Å². The summed E-state index contributed by atoms with van der Waals surface area (Å²) in [7, 11) is 1.40. The van der Waals surface area contributed by atoms with Crippen molar-refractivity contribution in [1.82, 2.24) is 21.1 Å². The summed E-state index contributed by atoms with van der Waals surface area (Å²) >= 11 is 0. The first-order valence-corrected chi connectivity index (χ1v) is 11.4. The van der Waals surface area contributed by atoms with Crippen molar-refractivity contribution in [3.05, 3.63) is 17.5 Å². The number of ether oxygens (including phenoxy) is 2. The van der Waals surface area contributed by atoms with Gasteiger partial charge in [-0.05, 0) is 32.1 Å². The molecule has 1 aliphatic rings. The molecule has 0 bridgehead atoms. The molecule has 3 amide bonds. The zero-order valence-corrected chi connectivity index (χ0v) is 20.9. The molecule has 0 aromatic carbocycles. The summed E-state index contributed by atoms with van der Waals surface area (Å²) in [4.78, 5) is 51.4. The third-order valence-corrected chi connectivity index (χ3v) is 5.50. The summed E-state index contributed by atoms with van der Waals surface area (Å²) in [5, 5.41) is 11.7. The van der Waals surface area contributed by atoms with Crippen molar-refractivity contribution in [1.29, 1.82) is 0 Å². The highest BCUT2D eigenvalue weighted by molar-refractivity contribution is 5.99. The average Bonchev–Trinajstić information content (AvgIpc) is 3.35. The molecule has 0 saturated carbocycles. The van der Waals surface area contributed by atoms with Crippen molar-refractivity contribution in [2.75, 3.05) is 20.3 Å². The fourth-order valence-corrected chi connectivity index (χ4v) is 3.43. The number of Topliss-reactive ketones (excluding diaryl/α,β-unsaturated/α-hetero) is 1. The summed E-state index contributed by atoms with van der Waals surface area (Å²) < 4.78 is 15.3. The Kier molecular flexibility index (Phi) is 9.34. The maximum Gasteiger partial charge on any atom is 0.274 e. The molecule has 0 spiro atoms. The summed E-state index contributed by atoms with van der Waals surface area (Å²) in [5.41, 5.74) is -0.841. The van der Waals surface area contributed by atoms with Crippen LogP contribution in [0.15, 0.2) is 10.6 Å². The number of amides is 3. The van der Waals surface area contributed by atoms with Gasteiger partial charge in [0.1, 0.15) is 23.4 Å². The molecule has 1 aromatic rings. The standard InChI is InChI=1S/C23H36N4O7/c1-12(2)8-15(19(28)23(6)11-33-23)24-21(30)17(10-32-7)25-22(31)18(13(3)4)26-20(29)16-9-14(5)34-27-16/h9,12-13,15,17-18H,8,10-11H2,1-7H3,(H,24,30)(H,25,31)(H,26,29)/t15?,17-,18?,23+/m0/s1. The summed E-state index contributed by atoms with van der Waals surface area (Å²) in [6.45, 7) is 11.0. The lowest BCUT2D eigenvalue weighted by Gasteiger charge is -2.27. The number of aryl methyl sites for hydroxylation is 1. The van der Waals surface area contributed by atoms with Crippen LogP contribution in [0.5, 0.6) is 0 Å². The Bertz CT molecular complexity index is 892. The summed E-state index contributed by atoms with van der Waals surface area (Å²) in [6, 6.07) is -1.31. The third-order valence-electron chi connectivity index (χ3n) is 5.50. The van der Waals surface area contributed by atoms with Gasteiger partial charge in [0.2, 0.25) is 11.8 Å². The van der Waals surface area contributed by atoms with Crippen LogP contribution in [0, 0.1) is 18.8 Å². The fourth-order valence-electron chi connectivity index (χ4n) is 3.43. The number of epoxide rings is 1. The van der Waals surface area contributed by atoms with E-state index in [1.165, 1.54) is 13.2 Å². The second kappa shape index (κ2) is 11.6. The number of nitrogens with one attached hydrogen (secondary N) is 3. The molecule has 1 saturated heterocycles. The number of carbonyl (C=O) groups excluding carboxylic acids is 4. The molecule has 0 radical (unpaired) electrons. The first-order valence-electron chi connectivity index (χ1n) is 11.4. The Morgan fingerprint density at radius 2 is 1.71 bits per heavy atom. The van der Waals surface area contributed by atoms with Crippen LogP contribution in [0.2, 0.25) is 0 Å². The summed E-state index contributed by atoms with van der Waals surface area (Å²) in [6.07, 6.45) is 0.430. The molecule has 1 aromatic heterocycles. The van der Waals surface area contributed by atoms with Crippen molar-refractivity contribution in [3.8, 4) is 0 Å². The molecule has 34 heavy (non-hydrogen) atoms. The van der Waals surface area contributed by atoms with Gasteiger partial charge in [-0.1, -0.05) is 32.9 Å². The maximum absolute atomic E-state index is 13.0. The van der Waals surface area contributed by atoms with E-state index in [4.69, 9.17) is 14.0 Å². The van der Waals surface area contributed by atoms with E-state index < -0.39 is 41.4 Å². The predicted octanol–water partition coefficient (Wildman–Crippen LogP) is 0.758. The van der Waals surface area contributed by atoms with E-state index in [0.29, 0.717) is 18.8 Å². The van der Waals surface area contributed by atoms with Crippen LogP contribution < -0.4 is 16.0 Å². The normalized spacial score (nSPS) is 19.9. The van der Waals surface area contributed by atoms with Gasteiger partial charge in [-0.15, -0.1) is 0 Å². The van der Waals surface area contributed by atoms with Crippen LogP contribution in [0.25, 0.3) is 0 Å². The van der Waals surface area contributed by atoms with Crippen molar-refractivity contribution in [3.63, 3.8) is 0 Å². The maximum atomic E-state index is 13.0. The van der Waals surface area contributed by atoms with Gasteiger partial charge >= 0.3 is 0 Å². The molecular formula is C23H36N4O7. The number of ketones is 1. The molecule has 1 aliphatic heterocycles. The van der Waals surface area contributed by atoms with Gasteiger partial charge in [0.05, 0.1) is 19.3 Å². The quantitative estimate of drug-likeness (QED) is 0.350. The molecule has 0 aliphatic carbocycles. The second-order valence-corrected chi connectivity index (χ2v) is 9.61. The number of hydrogen-bond acceptors (Lipinski definition) is 8. The van der Waals surface area contributed by atoms with Gasteiger partial charge in [-0.25, -0.2) is 0 Å². The van der Waals surface area contributed by atoms with Gasteiger partial charge in [-0.3, -0.25) is 19.2 Å². The van der Waals surface area contributed by atoms with Crippen molar-refractivity contribution in [2.24, 2.45) is 11.8 Å². The minimum Gasteiger partial charge on any atom is -0.382 e. The monoisotopic (exact) mass is 480 g/mol. The Morgan fingerprint density at radius 1 is 1.09 bits per heavy atom. The van der Waals surface area contributed by atoms with E-state index in [1.807, 2.05) is 13.8 Å². The topological polar surface area (TPSA) is 152 Å². The Hall–Kier alpha value is -2.79. The predicted molar refractivity (Wildman–Crippen MR) is 122 cm³/mol. The van der Waals surface area contributed by atoms with E-state index in [-0.39, 0.29) is 29.9 Å². The number of rotatable bonds is 13. The lowest BCUT2D eigenvalue weighted by Crippen LogP contribution is -2.59. The first-order chi connectivity index (χ1) is 15.9. The minimum absolute atomic E-state index is 0.0490. The molecule has 11 heteroatoms. The van der Waals surface area contributed by atoms with Crippen LogP contribution in [-0.4, -0.2) is 72.7 Å². The molecule has 2 rings (SSSR count). The Morgan fingerprint density at radius 3 is 2.18 bits per heavy atom. The number of carbonyl (C=O) groups is 4. The zero-order chi connectivity index (χ0) is 25.6. The molecule has 2 heterocycles. The first kappa shape index (κ1) is 27.5. The lowest BCUT2D eigenvalue weighted by molar-refractivity contribution is -0.134. The molecular weight excluding hydrogens is 444 g/mol. The molecule has 4 atom stereocenters. The fraction of sp³-hybridized carbons (Fsp3) is 0.696. The highest BCUT2D eigenvalue weighted by Crippen LogP contribution is 2.29. The molecule has 11 nitrogen and oxygen atoms in total.